The molecule has 0 saturated carbocycles. The smallest absolute Gasteiger partial charge is 0.264 e. The van der Waals surface area contributed by atoms with Gasteiger partial charge in [-0.1, -0.05) is 29.8 Å². The SMILES string of the molecule is Cc1ccc(C(=O)NS(=O)(=O)c2cccc(C3CCN(c4ncc(C)cn4)CC3)c2)cc1. The van der Waals surface area contributed by atoms with Crippen molar-refractivity contribution in [1.29, 1.82) is 0 Å². The van der Waals surface area contributed by atoms with Crippen LogP contribution in [0.25, 0.3) is 0 Å². The van der Waals surface area contributed by atoms with Gasteiger partial charge in [-0.15, -0.1) is 0 Å². The van der Waals surface area contributed by atoms with Crippen molar-refractivity contribution in [2.75, 3.05) is 18.0 Å². The van der Waals surface area contributed by atoms with Crippen molar-refractivity contribution in [3.8, 4) is 0 Å². The number of sulfonamides is 1. The first-order valence-corrected chi connectivity index (χ1v) is 12.1. The van der Waals surface area contributed by atoms with Crippen molar-refractivity contribution < 1.29 is 13.2 Å². The van der Waals surface area contributed by atoms with Crippen LogP contribution in [0.4, 0.5) is 5.95 Å². The zero-order chi connectivity index (χ0) is 22.7. The zero-order valence-corrected chi connectivity index (χ0v) is 19.0. The maximum Gasteiger partial charge on any atom is 0.264 e. The van der Waals surface area contributed by atoms with Gasteiger partial charge < -0.3 is 4.90 Å². The Morgan fingerprint density at radius 2 is 1.62 bits per heavy atom. The first-order chi connectivity index (χ1) is 15.3. The standard InChI is InChI=1S/C24H26N4O3S/c1-17-6-8-20(9-7-17)23(29)27-32(30,31)22-5-3-4-21(14-22)19-10-12-28(13-11-19)24-25-15-18(2)16-26-24/h3-9,14-16,19H,10-13H2,1-2H3,(H,27,29). The predicted molar refractivity (Wildman–Crippen MR) is 123 cm³/mol. The monoisotopic (exact) mass is 450 g/mol. The maximum atomic E-state index is 12.8. The van der Waals surface area contributed by atoms with Crippen LogP contribution in [0.3, 0.4) is 0 Å². The predicted octanol–water partition coefficient (Wildman–Crippen LogP) is 3.60. The molecule has 166 valence electrons. The van der Waals surface area contributed by atoms with Gasteiger partial charge in [0, 0.05) is 31.0 Å². The van der Waals surface area contributed by atoms with Gasteiger partial charge in [0.25, 0.3) is 15.9 Å². The molecule has 1 amide bonds. The number of hydrogen-bond donors (Lipinski definition) is 1. The Bertz CT molecular complexity index is 1200. The number of carbonyl (C=O) groups is 1. The fraction of sp³-hybridized carbons (Fsp3) is 0.292. The molecule has 4 rings (SSSR count). The summed E-state index contributed by atoms with van der Waals surface area (Å²) in [7, 11) is -3.97. The van der Waals surface area contributed by atoms with Crippen molar-refractivity contribution in [1.82, 2.24) is 14.7 Å². The maximum absolute atomic E-state index is 12.8. The summed E-state index contributed by atoms with van der Waals surface area (Å²) in [5.74, 6) is 0.325. The lowest BCUT2D eigenvalue weighted by atomic mass is 9.89. The average Bonchev–Trinajstić information content (AvgIpc) is 2.80. The van der Waals surface area contributed by atoms with Crippen LogP contribution >= 0.6 is 0 Å². The van der Waals surface area contributed by atoms with Crippen LogP contribution in [0.1, 0.15) is 45.8 Å². The molecule has 1 aromatic heterocycles. The number of hydrogen-bond acceptors (Lipinski definition) is 6. The lowest BCUT2D eigenvalue weighted by Crippen LogP contribution is -2.34. The summed E-state index contributed by atoms with van der Waals surface area (Å²) in [4.78, 5) is 23.5. The number of piperidine rings is 1. The van der Waals surface area contributed by atoms with E-state index in [9.17, 15) is 13.2 Å². The molecule has 8 heteroatoms. The topological polar surface area (TPSA) is 92.3 Å². The van der Waals surface area contributed by atoms with Crippen molar-refractivity contribution in [2.45, 2.75) is 37.5 Å². The largest absolute Gasteiger partial charge is 0.341 e. The lowest BCUT2D eigenvalue weighted by Gasteiger charge is -2.32. The number of amides is 1. The molecule has 7 nitrogen and oxygen atoms in total. The molecule has 0 atom stereocenters. The second-order valence-electron chi connectivity index (χ2n) is 8.19. The van der Waals surface area contributed by atoms with Gasteiger partial charge in [0.2, 0.25) is 5.95 Å². The molecular weight excluding hydrogens is 424 g/mol. The van der Waals surface area contributed by atoms with E-state index in [1.54, 1.807) is 36.4 Å². The van der Waals surface area contributed by atoms with E-state index in [-0.39, 0.29) is 10.8 Å². The van der Waals surface area contributed by atoms with Gasteiger partial charge >= 0.3 is 0 Å². The molecular formula is C24H26N4O3S. The van der Waals surface area contributed by atoms with Gasteiger partial charge in [-0.2, -0.15) is 0 Å². The summed E-state index contributed by atoms with van der Waals surface area (Å²) in [6.07, 6.45) is 5.37. The number of anilines is 1. The van der Waals surface area contributed by atoms with Crippen LogP contribution in [-0.2, 0) is 10.0 Å². The normalized spacial score (nSPS) is 14.9. The molecule has 1 fully saturated rings. The minimum atomic E-state index is -3.97. The highest BCUT2D eigenvalue weighted by molar-refractivity contribution is 7.90. The van der Waals surface area contributed by atoms with E-state index < -0.39 is 15.9 Å². The van der Waals surface area contributed by atoms with Crippen molar-refractivity contribution in [2.24, 2.45) is 0 Å². The Balaban J connectivity index is 1.44. The lowest BCUT2D eigenvalue weighted by molar-refractivity contribution is 0.0981. The quantitative estimate of drug-likeness (QED) is 0.639. The van der Waals surface area contributed by atoms with E-state index in [0.717, 1.165) is 48.6 Å². The minimum Gasteiger partial charge on any atom is -0.341 e. The van der Waals surface area contributed by atoms with Gasteiger partial charge in [-0.3, -0.25) is 4.79 Å². The van der Waals surface area contributed by atoms with E-state index in [1.807, 2.05) is 32.3 Å². The molecule has 2 aromatic carbocycles. The second-order valence-corrected chi connectivity index (χ2v) is 9.88. The number of aromatic nitrogens is 2. The first kappa shape index (κ1) is 22.0. The van der Waals surface area contributed by atoms with Crippen molar-refractivity contribution >= 4 is 21.9 Å². The summed E-state index contributed by atoms with van der Waals surface area (Å²) in [6, 6.07) is 13.6. The van der Waals surface area contributed by atoms with E-state index in [1.165, 1.54) is 6.07 Å². The Kier molecular flexibility index (Phi) is 6.23. The number of benzene rings is 2. The minimum absolute atomic E-state index is 0.0970. The highest BCUT2D eigenvalue weighted by atomic mass is 32.2. The van der Waals surface area contributed by atoms with Gasteiger partial charge in [0.05, 0.1) is 4.90 Å². The Hall–Kier alpha value is -3.26. The summed E-state index contributed by atoms with van der Waals surface area (Å²) in [6.45, 7) is 5.46. The molecule has 1 saturated heterocycles. The second kappa shape index (κ2) is 9.08. The number of nitrogens with one attached hydrogen (secondary N) is 1. The summed E-state index contributed by atoms with van der Waals surface area (Å²) in [5.41, 5.74) is 3.29. The van der Waals surface area contributed by atoms with E-state index in [0.29, 0.717) is 5.56 Å². The molecule has 1 aliphatic heterocycles. The van der Waals surface area contributed by atoms with Crippen LogP contribution in [0.2, 0.25) is 0 Å². The van der Waals surface area contributed by atoms with Crippen molar-refractivity contribution in [3.63, 3.8) is 0 Å². The van der Waals surface area contributed by atoms with E-state index in [2.05, 4.69) is 19.6 Å². The highest BCUT2D eigenvalue weighted by Gasteiger charge is 2.24. The number of carbonyl (C=O) groups excluding carboxylic acids is 1. The molecule has 1 aliphatic rings. The molecule has 32 heavy (non-hydrogen) atoms. The van der Waals surface area contributed by atoms with Gasteiger partial charge in [0.15, 0.2) is 0 Å². The fourth-order valence-corrected chi connectivity index (χ4v) is 4.87. The third-order valence-electron chi connectivity index (χ3n) is 5.73. The van der Waals surface area contributed by atoms with Gasteiger partial charge in [-0.05, 0) is 68.0 Å². The molecule has 0 spiro atoms. The highest BCUT2D eigenvalue weighted by Crippen LogP contribution is 2.30. The van der Waals surface area contributed by atoms with Crippen LogP contribution in [-0.4, -0.2) is 37.4 Å². The van der Waals surface area contributed by atoms with Crippen LogP contribution in [0.15, 0.2) is 65.8 Å². The zero-order valence-electron chi connectivity index (χ0n) is 18.2. The van der Waals surface area contributed by atoms with Crippen LogP contribution in [0.5, 0.6) is 0 Å². The number of nitrogens with zero attached hydrogens (tertiary/aromatic N) is 3. The number of rotatable bonds is 5. The number of aryl methyl sites for hydroxylation is 2. The Morgan fingerprint density at radius 3 is 2.28 bits per heavy atom. The first-order valence-electron chi connectivity index (χ1n) is 10.6. The summed E-state index contributed by atoms with van der Waals surface area (Å²) < 4.78 is 27.8. The van der Waals surface area contributed by atoms with Gasteiger partial charge in [-0.25, -0.2) is 23.1 Å². The van der Waals surface area contributed by atoms with Gasteiger partial charge in [0.1, 0.15) is 0 Å². The fourth-order valence-electron chi connectivity index (χ4n) is 3.84. The van der Waals surface area contributed by atoms with Crippen LogP contribution in [0, 0.1) is 13.8 Å². The molecule has 3 aromatic rings. The van der Waals surface area contributed by atoms with Crippen LogP contribution < -0.4 is 9.62 Å². The molecule has 2 heterocycles. The summed E-state index contributed by atoms with van der Waals surface area (Å²) >= 11 is 0. The molecule has 0 bridgehead atoms. The third-order valence-corrected chi connectivity index (χ3v) is 7.05. The Morgan fingerprint density at radius 1 is 0.969 bits per heavy atom. The average molecular weight is 451 g/mol. The molecule has 0 radical (unpaired) electrons. The Labute approximate surface area is 188 Å². The van der Waals surface area contributed by atoms with Crippen molar-refractivity contribution in [3.05, 3.63) is 83.2 Å². The molecule has 1 N–H and O–H groups in total. The molecule has 0 unspecified atom stereocenters. The summed E-state index contributed by atoms with van der Waals surface area (Å²) in [5, 5.41) is 0. The third kappa shape index (κ3) is 4.96. The van der Waals surface area contributed by atoms with E-state index in [4.69, 9.17) is 0 Å². The van der Waals surface area contributed by atoms with E-state index >= 15 is 0 Å². The molecule has 0 aliphatic carbocycles.